The minimum Gasteiger partial charge on any atom is -0.392 e. The summed E-state index contributed by atoms with van der Waals surface area (Å²) in [5.41, 5.74) is 3.26. The molecule has 1 N–H and O–H groups in total. The number of hydrogen-bond acceptors (Lipinski definition) is 2. The fourth-order valence-corrected chi connectivity index (χ4v) is 2.27. The van der Waals surface area contributed by atoms with Gasteiger partial charge in [-0.1, -0.05) is 12.1 Å². The number of nitrogens with zero attached hydrogens (tertiary/aromatic N) is 3. The van der Waals surface area contributed by atoms with Gasteiger partial charge in [0, 0.05) is 30.3 Å². The number of rotatable bonds is 3. The van der Waals surface area contributed by atoms with Crippen LogP contribution in [0.2, 0.25) is 0 Å². The van der Waals surface area contributed by atoms with Crippen molar-refractivity contribution in [2.45, 2.75) is 13.2 Å². The van der Waals surface area contributed by atoms with E-state index in [1.165, 1.54) is 0 Å². The van der Waals surface area contributed by atoms with Crippen LogP contribution in [-0.4, -0.2) is 19.2 Å². The molecule has 0 spiro atoms. The van der Waals surface area contributed by atoms with Crippen molar-refractivity contribution in [1.82, 2.24) is 14.1 Å². The minimum absolute atomic E-state index is 0.0765. The summed E-state index contributed by atoms with van der Waals surface area (Å²) in [6.07, 6.45) is 5.73. The van der Waals surface area contributed by atoms with Crippen molar-refractivity contribution in [1.29, 1.82) is 0 Å². The number of aliphatic hydroxyl groups is 1. The smallest absolute Gasteiger partial charge is 0.0946 e. The summed E-state index contributed by atoms with van der Waals surface area (Å²) in [4.78, 5) is 4.13. The highest BCUT2D eigenvalue weighted by molar-refractivity contribution is 5.83. The summed E-state index contributed by atoms with van der Waals surface area (Å²) in [5.74, 6) is 0. The number of benzene rings is 1. The maximum atomic E-state index is 9.32. The molecule has 0 unspecified atom stereocenters. The van der Waals surface area contributed by atoms with Gasteiger partial charge in [-0.3, -0.25) is 0 Å². The summed E-state index contributed by atoms with van der Waals surface area (Å²) >= 11 is 0. The third-order valence-corrected chi connectivity index (χ3v) is 3.32. The van der Waals surface area contributed by atoms with Crippen LogP contribution < -0.4 is 0 Å². The second-order valence-corrected chi connectivity index (χ2v) is 4.45. The van der Waals surface area contributed by atoms with Crippen molar-refractivity contribution in [3.63, 3.8) is 0 Å². The van der Waals surface area contributed by atoms with Crippen LogP contribution in [0.3, 0.4) is 0 Å². The summed E-state index contributed by atoms with van der Waals surface area (Å²) in [7, 11) is 1.99. The molecule has 0 aliphatic rings. The Balaban J connectivity index is 2.06. The molecular formula is C14H15N3O. The summed E-state index contributed by atoms with van der Waals surface area (Å²) in [6, 6.07) is 8.06. The molecule has 2 aromatic heterocycles. The van der Waals surface area contributed by atoms with Crippen molar-refractivity contribution in [2.75, 3.05) is 0 Å². The molecule has 0 aliphatic carbocycles. The molecule has 0 atom stereocenters. The second kappa shape index (κ2) is 4.31. The van der Waals surface area contributed by atoms with Crippen LogP contribution in [0.1, 0.15) is 11.3 Å². The zero-order chi connectivity index (χ0) is 12.5. The Labute approximate surface area is 105 Å². The maximum absolute atomic E-state index is 9.32. The van der Waals surface area contributed by atoms with Crippen molar-refractivity contribution in [3.05, 3.63) is 54.2 Å². The molecule has 0 amide bonds. The molecular weight excluding hydrogens is 226 g/mol. The monoisotopic (exact) mass is 241 g/mol. The molecule has 1 aromatic carbocycles. The van der Waals surface area contributed by atoms with Crippen molar-refractivity contribution in [3.8, 4) is 0 Å². The fourth-order valence-electron chi connectivity index (χ4n) is 2.27. The Hall–Kier alpha value is -2.07. The number of aromatic nitrogens is 3. The Morgan fingerprint density at radius 3 is 2.89 bits per heavy atom. The first-order valence-corrected chi connectivity index (χ1v) is 5.92. The first kappa shape index (κ1) is 11.0. The van der Waals surface area contributed by atoms with Gasteiger partial charge in [0.25, 0.3) is 0 Å². The fraction of sp³-hybridized carbons (Fsp3) is 0.214. The Morgan fingerprint density at radius 1 is 1.28 bits per heavy atom. The van der Waals surface area contributed by atoms with E-state index in [2.05, 4.69) is 27.9 Å². The Kier molecular flexibility index (Phi) is 2.64. The van der Waals surface area contributed by atoms with E-state index in [4.69, 9.17) is 0 Å². The van der Waals surface area contributed by atoms with Crippen LogP contribution in [-0.2, 0) is 20.2 Å². The quantitative estimate of drug-likeness (QED) is 0.761. The lowest BCUT2D eigenvalue weighted by atomic mass is 10.1. The summed E-state index contributed by atoms with van der Waals surface area (Å²) < 4.78 is 4.19. The lowest BCUT2D eigenvalue weighted by Crippen LogP contribution is -2.02. The predicted molar refractivity (Wildman–Crippen MR) is 70.2 cm³/mol. The topological polar surface area (TPSA) is 43.0 Å². The molecule has 3 rings (SSSR count). The molecule has 0 aliphatic heterocycles. The van der Waals surface area contributed by atoms with Crippen LogP contribution in [0.5, 0.6) is 0 Å². The first-order valence-electron chi connectivity index (χ1n) is 5.92. The van der Waals surface area contributed by atoms with Crippen LogP contribution in [0.4, 0.5) is 0 Å². The minimum atomic E-state index is 0.0765. The third kappa shape index (κ3) is 1.71. The summed E-state index contributed by atoms with van der Waals surface area (Å²) in [6.45, 7) is 0.863. The lowest BCUT2D eigenvalue weighted by Gasteiger charge is -2.07. The van der Waals surface area contributed by atoms with Gasteiger partial charge in [-0.2, -0.15) is 0 Å². The van der Waals surface area contributed by atoms with Gasteiger partial charge < -0.3 is 14.2 Å². The highest BCUT2D eigenvalue weighted by Gasteiger charge is 2.06. The molecule has 0 radical (unpaired) electrons. The number of hydrogen-bond donors (Lipinski definition) is 1. The molecule has 4 heteroatoms. The normalized spacial score (nSPS) is 11.2. The van der Waals surface area contributed by atoms with Gasteiger partial charge in [0.2, 0.25) is 0 Å². The highest BCUT2D eigenvalue weighted by atomic mass is 16.3. The molecule has 4 nitrogen and oxygen atoms in total. The van der Waals surface area contributed by atoms with Gasteiger partial charge in [-0.25, -0.2) is 4.98 Å². The lowest BCUT2D eigenvalue weighted by molar-refractivity contribution is 0.283. The van der Waals surface area contributed by atoms with Gasteiger partial charge in [-0.15, -0.1) is 0 Å². The van der Waals surface area contributed by atoms with Crippen LogP contribution in [0.25, 0.3) is 10.9 Å². The molecule has 2 heterocycles. The average Bonchev–Trinajstić information content (AvgIpc) is 2.97. The predicted octanol–water partition coefficient (Wildman–Crippen LogP) is 1.92. The third-order valence-electron chi connectivity index (χ3n) is 3.32. The van der Waals surface area contributed by atoms with Gasteiger partial charge in [0.1, 0.15) is 0 Å². The molecule has 92 valence electrons. The number of aliphatic hydroxyl groups excluding tert-OH is 1. The van der Waals surface area contributed by atoms with E-state index in [9.17, 15) is 5.11 Å². The zero-order valence-corrected chi connectivity index (χ0v) is 10.2. The van der Waals surface area contributed by atoms with E-state index >= 15 is 0 Å². The molecule has 0 saturated heterocycles. The van der Waals surface area contributed by atoms with Crippen LogP contribution in [0, 0.1) is 0 Å². The molecule has 0 bridgehead atoms. The van der Waals surface area contributed by atoms with E-state index in [0.29, 0.717) is 0 Å². The van der Waals surface area contributed by atoms with Crippen molar-refractivity contribution >= 4 is 10.9 Å². The van der Waals surface area contributed by atoms with E-state index in [-0.39, 0.29) is 6.61 Å². The number of imidazole rings is 1. The standard InChI is InChI=1S/C14H15N3O/c1-16-10-15-7-12(16)8-17-6-5-13-11(9-18)3-2-4-14(13)17/h2-7,10,18H,8-9H2,1H3. The molecule has 0 saturated carbocycles. The SMILES string of the molecule is Cn1cncc1Cn1ccc2c(CO)cccc21. The first-order chi connectivity index (χ1) is 8.79. The van der Waals surface area contributed by atoms with Crippen molar-refractivity contribution in [2.24, 2.45) is 7.05 Å². The maximum Gasteiger partial charge on any atom is 0.0946 e. The van der Waals surface area contributed by atoms with Gasteiger partial charge in [-0.05, 0) is 17.7 Å². The Bertz CT molecular complexity index is 681. The zero-order valence-electron chi connectivity index (χ0n) is 10.2. The van der Waals surface area contributed by atoms with Gasteiger partial charge in [0.05, 0.1) is 25.2 Å². The number of aryl methyl sites for hydroxylation is 1. The van der Waals surface area contributed by atoms with Crippen LogP contribution in [0.15, 0.2) is 43.0 Å². The van der Waals surface area contributed by atoms with E-state index in [0.717, 1.165) is 28.7 Å². The largest absolute Gasteiger partial charge is 0.392 e. The Morgan fingerprint density at radius 2 is 2.17 bits per heavy atom. The van der Waals surface area contributed by atoms with Gasteiger partial charge in [0.15, 0.2) is 0 Å². The number of fused-ring (bicyclic) bond motifs is 1. The average molecular weight is 241 g/mol. The molecule has 18 heavy (non-hydrogen) atoms. The van der Waals surface area contributed by atoms with Crippen molar-refractivity contribution < 1.29 is 5.11 Å². The molecule has 0 fully saturated rings. The van der Waals surface area contributed by atoms with E-state index in [1.54, 1.807) is 6.33 Å². The van der Waals surface area contributed by atoms with Crippen LogP contribution >= 0.6 is 0 Å². The van der Waals surface area contributed by atoms with Gasteiger partial charge >= 0.3 is 0 Å². The second-order valence-electron chi connectivity index (χ2n) is 4.45. The molecule has 3 aromatic rings. The van der Waals surface area contributed by atoms with E-state index < -0.39 is 0 Å². The van der Waals surface area contributed by atoms with E-state index in [1.807, 2.05) is 29.9 Å². The highest BCUT2D eigenvalue weighted by Crippen LogP contribution is 2.21. The summed E-state index contributed by atoms with van der Waals surface area (Å²) in [5, 5.41) is 10.4.